The molecule has 17 heavy (non-hydrogen) atoms. The zero-order valence-corrected chi connectivity index (χ0v) is 10.5. The lowest BCUT2D eigenvalue weighted by Crippen LogP contribution is -2.16. The minimum absolute atomic E-state index is 0.208. The van der Waals surface area contributed by atoms with Crippen molar-refractivity contribution < 1.29 is 9.84 Å². The van der Waals surface area contributed by atoms with Gasteiger partial charge in [0.2, 0.25) is 0 Å². The Bertz CT molecular complexity index is 407. The maximum atomic E-state index is 9.51. The first-order valence-electron chi connectivity index (χ1n) is 6.29. The fourth-order valence-corrected chi connectivity index (χ4v) is 2.11. The molecule has 2 atom stereocenters. The summed E-state index contributed by atoms with van der Waals surface area (Å²) in [5, 5.41) is 9.51. The van der Waals surface area contributed by atoms with Gasteiger partial charge in [0.05, 0.1) is 6.10 Å². The second-order valence-corrected chi connectivity index (χ2v) is 4.72. The van der Waals surface area contributed by atoms with Gasteiger partial charge in [-0.05, 0) is 62.4 Å². The molecule has 2 nitrogen and oxygen atoms in total. The molecule has 1 N–H and O–H groups in total. The fraction of sp³-hybridized carbons (Fsp3) is 0.467. The summed E-state index contributed by atoms with van der Waals surface area (Å²) in [7, 11) is 0. The number of allylic oxidation sites excluding steroid dienone is 1. The molecule has 1 aliphatic carbocycles. The predicted octanol–water partition coefficient (Wildman–Crippen LogP) is 3.54. The van der Waals surface area contributed by atoms with Crippen LogP contribution in [-0.4, -0.2) is 11.2 Å². The van der Waals surface area contributed by atoms with Gasteiger partial charge in [0.1, 0.15) is 11.9 Å². The van der Waals surface area contributed by atoms with E-state index in [2.05, 4.69) is 12.2 Å². The van der Waals surface area contributed by atoms with E-state index in [1.807, 2.05) is 25.1 Å². The van der Waals surface area contributed by atoms with Crippen molar-refractivity contribution in [1.82, 2.24) is 0 Å². The third-order valence-corrected chi connectivity index (χ3v) is 3.17. The molecule has 2 rings (SSSR count). The van der Waals surface area contributed by atoms with Crippen molar-refractivity contribution in [3.8, 4) is 5.75 Å². The Morgan fingerprint density at radius 1 is 1.41 bits per heavy atom. The Hall–Kier alpha value is -1.28. The lowest BCUT2D eigenvalue weighted by atomic mass is 10.0. The standard InChI is InChI=1S/C15H20O2/c1-11-10-13(12(2)16)8-9-15(11)17-14-6-4-3-5-7-14/h4,6,8-10,12,14,16H,3,5,7H2,1-2H3. The maximum Gasteiger partial charge on any atom is 0.123 e. The summed E-state index contributed by atoms with van der Waals surface area (Å²) in [6.45, 7) is 3.80. The van der Waals surface area contributed by atoms with Crippen molar-refractivity contribution in [1.29, 1.82) is 0 Å². The molecule has 0 saturated heterocycles. The van der Waals surface area contributed by atoms with Gasteiger partial charge in [0.25, 0.3) is 0 Å². The molecule has 0 heterocycles. The second kappa shape index (κ2) is 5.37. The number of hydrogen-bond donors (Lipinski definition) is 1. The number of hydrogen-bond acceptors (Lipinski definition) is 2. The van der Waals surface area contributed by atoms with E-state index in [0.717, 1.165) is 23.3 Å². The molecule has 0 bridgehead atoms. The number of ether oxygens (including phenoxy) is 1. The van der Waals surface area contributed by atoms with Crippen molar-refractivity contribution in [3.05, 3.63) is 41.5 Å². The molecule has 2 heteroatoms. The van der Waals surface area contributed by atoms with Crippen molar-refractivity contribution in [3.63, 3.8) is 0 Å². The van der Waals surface area contributed by atoms with Crippen LogP contribution < -0.4 is 4.74 Å². The third kappa shape index (κ3) is 3.10. The van der Waals surface area contributed by atoms with Crippen LogP contribution in [0.25, 0.3) is 0 Å². The van der Waals surface area contributed by atoms with Crippen LogP contribution >= 0.6 is 0 Å². The highest BCUT2D eigenvalue weighted by Crippen LogP contribution is 2.25. The van der Waals surface area contributed by atoms with Crippen LogP contribution in [0.3, 0.4) is 0 Å². The fourth-order valence-electron chi connectivity index (χ4n) is 2.11. The number of rotatable bonds is 3. The van der Waals surface area contributed by atoms with Gasteiger partial charge >= 0.3 is 0 Å². The number of benzene rings is 1. The average molecular weight is 232 g/mol. The van der Waals surface area contributed by atoms with Crippen LogP contribution in [0.15, 0.2) is 30.4 Å². The first-order chi connectivity index (χ1) is 8.16. The highest BCUT2D eigenvalue weighted by Gasteiger charge is 2.12. The van der Waals surface area contributed by atoms with Gasteiger partial charge < -0.3 is 9.84 Å². The molecule has 2 unspecified atom stereocenters. The van der Waals surface area contributed by atoms with Crippen molar-refractivity contribution in [2.45, 2.75) is 45.3 Å². The third-order valence-electron chi connectivity index (χ3n) is 3.17. The average Bonchev–Trinajstić information content (AvgIpc) is 2.33. The van der Waals surface area contributed by atoms with Gasteiger partial charge in [0, 0.05) is 0 Å². The molecular weight excluding hydrogens is 212 g/mol. The molecule has 1 aromatic rings. The SMILES string of the molecule is Cc1cc(C(C)O)ccc1OC1C=CCCC1. The van der Waals surface area contributed by atoms with Gasteiger partial charge in [-0.1, -0.05) is 12.1 Å². The highest BCUT2D eigenvalue weighted by atomic mass is 16.5. The van der Waals surface area contributed by atoms with Crippen LogP contribution in [0.2, 0.25) is 0 Å². The number of aliphatic hydroxyl groups excluding tert-OH is 1. The Labute approximate surface area is 103 Å². The molecule has 0 spiro atoms. The molecular formula is C15H20O2. The molecule has 0 fully saturated rings. The van der Waals surface area contributed by atoms with E-state index in [0.29, 0.717) is 0 Å². The Morgan fingerprint density at radius 2 is 2.24 bits per heavy atom. The molecule has 0 amide bonds. The van der Waals surface area contributed by atoms with Gasteiger partial charge in [-0.25, -0.2) is 0 Å². The van der Waals surface area contributed by atoms with E-state index in [1.54, 1.807) is 6.92 Å². The Kier molecular flexibility index (Phi) is 3.85. The minimum Gasteiger partial charge on any atom is -0.486 e. The van der Waals surface area contributed by atoms with Crippen LogP contribution in [0.1, 0.15) is 43.4 Å². The first kappa shape index (κ1) is 12.2. The Balaban J connectivity index is 2.10. The molecule has 0 saturated carbocycles. The van der Waals surface area contributed by atoms with E-state index >= 15 is 0 Å². The van der Waals surface area contributed by atoms with E-state index in [-0.39, 0.29) is 6.10 Å². The zero-order chi connectivity index (χ0) is 12.3. The van der Waals surface area contributed by atoms with Gasteiger partial charge in [-0.3, -0.25) is 0 Å². The van der Waals surface area contributed by atoms with E-state index < -0.39 is 6.10 Å². The summed E-state index contributed by atoms with van der Waals surface area (Å²) >= 11 is 0. The summed E-state index contributed by atoms with van der Waals surface area (Å²) in [4.78, 5) is 0. The molecule has 0 aromatic heterocycles. The largest absolute Gasteiger partial charge is 0.486 e. The molecule has 1 aromatic carbocycles. The van der Waals surface area contributed by atoms with Gasteiger partial charge in [0.15, 0.2) is 0 Å². The van der Waals surface area contributed by atoms with E-state index in [4.69, 9.17) is 4.74 Å². The van der Waals surface area contributed by atoms with Crippen molar-refractivity contribution >= 4 is 0 Å². The van der Waals surface area contributed by atoms with Crippen LogP contribution in [0, 0.1) is 6.92 Å². The molecule has 92 valence electrons. The topological polar surface area (TPSA) is 29.5 Å². The monoisotopic (exact) mass is 232 g/mol. The van der Waals surface area contributed by atoms with Crippen LogP contribution in [0.4, 0.5) is 0 Å². The van der Waals surface area contributed by atoms with Gasteiger partial charge in [-0.15, -0.1) is 0 Å². The number of aliphatic hydroxyl groups is 1. The summed E-state index contributed by atoms with van der Waals surface area (Å²) in [6, 6.07) is 5.88. The summed E-state index contributed by atoms with van der Waals surface area (Å²) in [5.41, 5.74) is 2.02. The normalized spacial score (nSPS) is 21.2. The summed E-state index contributed by atoms with van der Waals surface area (Å²) in [6.07, 6.45) is 7.58. The maximum absolute atomic E-state index is 9.51. The van der Waals surface area contributed by atoms with Crippen molar-refractivity contribution in [2.24, 2.45) is 0 Å². The second-order valence-electron chi connectivity index (χ2n) is 4.72. The first-order valence-corrected chi connectivity index (χ1v) is 6.29. The van der Waals surface area contributed by atoms with Crippen LogP contribution in [0.5, 0.6) is 5.75 Å². The Morgan fingerprint density at radius 3 is 2.82 bits per heavy atom. The quantitative estimate of drug-likeness (QED) is 0.808. The van der Waals surface area contributed by atoms with Crippen LogP contribution in [-0.2, 0) is 0 Å². The highest BCUT2D eigenvalue weighted by molar-refractivity contribution is 5.37. The minimum atomic E-state index is -0.419. The lowest BCUT2D eigenvalue weighted by molar-refractivity contribution is 0.198. The zero-order valence-electron chi connectivity index (χ0n) is 10.5. The summed E-state index contributed by atoms with van der Waals surface area (Å²) < 4.78 is 5.95. The molecule has 1 aliphatic rings. The molecule has 0 radical (unpaired) electrons. The predicted molar refractivity (Wildman–Crippen MR) is 69.2 cm³/mol. The lowest BCUT2D eigenvalue weighted by Gasteiger charge is -2.20. The summed E-state index contributed by atoms with van der Waals surface area (Å²) in [5.74, 6) is 0.922. The number of aryl methyl sites for hydroxylation is 1. The van der Waals surface area contributed by atoms with E-state index in [1.165, 1.54) is 12.8 Å². The smallest absolute Gasteiger partial charge is 0.123 e. The molecule has 0 aliphatic heterocycles. The van der Waals surface area contributed by atoms with E-state index in [9.17, 15) is 5.11 Å². The van der Waals surface area contributed by atoms with Gasteiger partial charge in [-0.2, -0.15) is 0 Å². The van der Waals surface area contributed by atoms with Crippen molar-refractivity contribution in [2.75, 3.05) is 0 Å².